The summed E-state index contributed by atoms with van der Waals surface area (Å²) in [5.41, 5.74) is 1.79. The summed E-state index contributed by atoms with van der Waals surface area (Å²) >= 11 is 19.0. The molecule has 0 atom stereocenters. The van der Waals surface area contributed by atoms with Gasteiger partial charge in [-0.25, -0.2) is 0 Å². The Morgan fingerprint density at radius 1 is 0.833 bits per heavy atom. The first kappa shape index (κ1) is 25.1. The molecule has 0 aromatic heterocycles. The molecule has 0 unspecified atom stereocenters. The lowest BCUT2D eigenvalue weighted by Crippen LogP contribution is -2.15. The van der Waals surface area contributed by atoms with Gasteiger partial charge in [-0.3, -0.25) is 0 Å². The Labute approximate surface area is 196 Å². The average molecular weight is 473 g/mol. The Morgan fingerprint density at radius 3 is 2.23 bits per heavy atom. The maximum atomic E-state index is 6.53. The normalized spacial score (nSPS) is 11.0. The maximum absolute atomic E-state index is 6.53. The van der Waals surface area contributed by atoms with Gasteiger partial charge in [0.25, 0.3) is 0 Å². The minimum atomic E-state index is 0.216. The fourth-order valence-corrected chi connectivity index (χ4v) is 4.00. The fourth-order valence-electron chi connectivity index (χ4n) is 3.20. The van der Waals surface area contributed by atoms with Crippen molar-refractivity contribution in [1.82, 2.24) is 5.32 Å². The van der Waals surface area contributed by atoms with E-state index in [1.807, 2.05) is 19.1 Å². The van der Waals surface area contributed by atoms with E-state index in [2.05, 4.69) is 12.2 Å². The van der Waals surface area contributed by atoms with Gasteiger partial charge in [0.05, 0.1) is 11.6 Å². The Balaban J connectivity index is 1.94. The lowest BCUT2D eigenvalue weighted by Gasteiger charge is -2.16. The number of rotatable bonds is 14. The first-order valence-corrected chi connectivity index (χ1v) is 11.9. The lowest BCUT2D eigenvalue weighted by molar-refractivity contribution is 0.269. The van der Waals surface area contributed by atoms with Crippen LogP contribution in [0.15, 0.2) is 30.3 Å². The van der Waals surface area contributed by atoms with Gasteiger partial charge in [-0.15, -0.1) is 0 Å². The Morgan fingerprint density at radius 2 is 1.53 bits per heavy atom. The molecule has 0 aliphatic rings. The van der Waals surface area contributed by atoms with Crippen LogP contribution in [0.3, 0.4) is 0 Å². The van der Waals surface area contributed by atoms with Gasteiger partial charge in [0.1, 0.15) is 6.61 Å². The second kappa shape index (κ2) is 14.0. The van der Waals surface area contributed by atoms with Gasteiger partial charge in [0, 0.05) is 22.2 Å². The van der Waals surface area contributed by atoms with E-state index in [1.54, 1.807) is 18.2 Å². The van der Waals surface area contributed by atoms with Crippen LogP contribution in [-0.2, 0) is 13.2 Å². The van der Waals surface area contributed by atoms with E-state index in [9.17, 15) is 0 Å². The van der Waals surface area contributed by atoms with Gasteiger partial charge in [-0.2, -0.15) is 0 Å². The average Bonchev–Trinajstić information content (AvgIpc) is 2.71. The summed E-state index contributed by atoms with van der Waals surface area (Å²) in [5, 5.41) is 5.13. The third-order valence-corrected chi connectivity index (χ3v) is 5.82. The number of hydrogen-bond acceptors (Lipinski definition) is 3. The summed E-state index contributed by atoms with van der Waals surface area (Å²) in [6.07, 6.45) is 7.74. The SMILES string of the molecule is CCCCCCCCNCc1cc(Cl)c(OCc2c(Cl)cccc2Cl)c(OCC)c1. The smallest absolute Gasteiger partial charge is 0.180 e. The van der Waals surface area contributed by atoms with Crippen molar-refractivity contribution in [3.63, 3.8) is 0 Å². The third-order valence-electron chi connectivity index (χ3n) is 4.83. The van der Waals surface area contributed by atoms with Crippen molar-refractivity contribution in [2.45, 2.75) is 65.5 Å². The lowest BCUT2D eigenvalue weighted by atomic mass is 10.1. The molecule has 166 valence electrons. The summed E-state index contributed by atoms with van der Waals surface area (Å²) in [4.78, 5) is 0. The molecule has 0 aliphatic carbocycles. The molecule has 30 heavy (non-hydrogen) atoms. The molecular weight excluding hydrogens is 441 g/mol. The van der Waals surface area contributed by atoms with Crippen LogP contribution in [-0.4, -0.2) is 13.2 Å². The highest BCUT2D eigenvalue weighted by Gasteiger charge is 2.15. The van der Waals surface area contributed by atoms with Crippen molar-refractivity contribution in [1.29, 1.82) is 0 Å². The van der Waals surface area contributed by atoms with Gasteiger partial charge >= 0.3 is 0 Å². The second-order valence-electron chi connectivity index (χ2n) is 7.27. The molecule has 0 fully saturated rings. The largest absolute Gasteiger partial charge is 0.490 e. The van der Waals surface area contributed by atoms with Gasteiger partial charge in [-0.1, -0.05) is 79.9 Å². The van der Waals surface area contributed by atoms with Crippen LogP contribution >= 0.6 is 34.8 Å². The van der Waals surface area contributed by atoms with Crippen molar-refractivity contribution in [3.8, 4) is 11.5 Å². The standard InChI is InChI=1S/C24H32Cl3NO2/c1-3-5-6-7-8-9-13-28-16-18-14-22(27)24(23(15-18)29-4-2)30-17-19-20(25)11-10-12-21(19)26/h10-12,14-15,28H,3-9,13,16-17H2,1-2H3. The summed E-state index contributed by atoms with van der Waals surface area (Å²) < 4.78 is 11.8. The highest BCUT2D eigenvalue weighted by molar-refractivity contribution is 6.36. The molecule has 1 N–H and O–H groups in total. The quantitative estimate of drug-likeness (QED) is 0.282. The van der Waals surface area contributed by atoms with Crippen molar-refractivity contribution < 1.29 is 9.47 Å². The fraction of sp³-hybridized carbons (Fsp3) is 0.500. The summed E-state index contributed by atoms with van der Waals surface area (Å²) in [6, 6.07) is 9.28. The minimum Gasteiger partial charge on any atom is -0.490 e. The first-order chi connectivity index (χ1) is 14.6. The van der Waals surface area contributed by atoms with Crippen LogP contribution in [0.5, 0.6) is 11.5 Å². The molecule has 2 aromatic rings. The number of unbranched alkanes of at least 4 members (excludes halogenated alkanes) is 5. The first-order valence-electron chi connectivity index (χ1n) is 10.8. The van der Waals surface area contributed by atoms with Crippen molar-refractivity contribution in [2.75, 3.05) is 13.2 Å². The van der Waals surface area contributed by atoms with E-state index in [4.69, 9.17) is 44.3 Å². The van der Waals surface area contributed by atoms with E-state index in [0.717, 1.165) is 24.2 Å². The zero-order chi connectivity index (χ0) is 21.8. The van der Waals surface area contributed by atoms with Crippen molar-refractivity contribution >= 4 is 34.8 Å². The van der Waals surface area contributed by atoms with Crippen LogP contribution in [0.4, 0.5) is 0 Å². The molecule has 0 radical (unpaired) electrons. The summed E-state index contributed by atoms with van der Waals surface area (Å²) in [7, 11) is 0. The highest BCUT2D eigenvalue weighted by atomic mass is 35.5. The topological polar surface area (TPSA) is 30.5 Å². The van der Waals surface area contributed by atoms with Crippen LogP contribution < -0.4 is 14.8 Å². The molecular formula is C24H32Cl3NO2. The molecule has 0 heterocycles. The molecule has 0 saturated heterocycles. The minimum absolute atomic E-state index is 0.216. The molecule has 0 saturated carbocycles. The van der Waals surface area contributed by atoms with Crippen LogP contribution in [0.25, 0.3) is 0 Å². The van der Waals surface area contributed by atoms with E-state index in [1.165, 1.54) is 38.5 Å². The van der Waals surface area contributed by atoms with Gasteiger partial charge in [0.15, 0.2) is 11.5 Å². The Bertz CT molecular complexity index is 763. The van der Waals surface area contributed by atoms with Gasteiger partial charge in [0.2, 0.25) is 0 Å². The van der Waals surface area contributed by atoms with Crippen LogP contribution in [0.2, 0.25) is 15.1 Å². The molecule has 0 aliphatic heterocycles. The molecule has 0 spiro atoms. The monoisotopic (exact) mass is 471 g/mol. The van der Waals surface area contributed by atoms with Crippen LogP contribution in [0.1, 0.15) is 63.5 Å². The maximum Gasteiger partial charge on any atom is 0.180 e. The highest BCUT2D eigenvalue weighted by Crippen LogP contribution is 2.38. The van der Waals surface area contributed by atoms with Gasteiger partial charge in [-0.05, 0) is 49.7 Å². The molecule has 0 amide bonds. The second-order valence-corrected chi connectivity index (χ2v) is 8.49. The Kier molecular flexibility index (Phi) is 11.8. The molecule has 6 heteroatoms. The predicted molar refractivity (Wildman–Crippen MR) is 128 cm³/mol. The van der Waals surface area contributed by atoms with E-state index in [0.29, 0.717) is 33.2 Å². The molecule has 0 bridgehead atoms. The number of halogens is 3. The zero-order valence-corrected chi connectivity index (χ0v) is 20.2. The number of hydrogen-bond donors (Lipinski definition) is 1. The van der Waals surface area contributed by atoms with E-state index >= 15 is 0 Å². The molecule has 2 aromatic carbocycles. The number of ether oxygens (including phenoxy) is 2. The van der Waals surface area contributed by atoms with Crippen molar-refractivity contribution in [2.24, 2.45) is 0 Å². The van der Waals surface area contributed by atoms with E-state index < -0.39 is 0 Å². The van der Waals surface area contributed by atoms with Crippen LogP contribution in [0, 0.1) is 0 Å². The van der Waals surface area contributed by atoms with Crippen molar-refractivity contribution in [3.05, 3.63) is 56.5 Å². The number of nitrogens with one attached hydrogen (secondary N) is 1. The zero-order valence-electron chi connectivity index (χ0n) is 17.9. The summed E-state index contributed by atoms with van der Waals surface area (Å²) in [6.45, 7) is 6.65. The van der Waals surface area contributed by atoms with E-state index in [-0.39, 0.29) is 6.61 Å². The summed E-state index contributed by atoms with van der Waals surface area (Å²) in [5.74, 6) is 1.14. The Hall–Kier alpha value is -1.13. The van der Waals surface area contributed by atoms with Gasteiger partial charge < -0.3 is 14.8 Å². The molecule has 3 nitrogen and oxygen atoms in total. The third kappa shape index (κ3) is 8.19. The number of benzene rings is 2. The molecule has 2 rings (SSSR count). The predicted octanol–water partition coefficient (Wildman–Crippen LogP) is 8.07.